The monoisotopic (exact) mass is 185 g/mol. The molecule has 0 bridgehead atoms. The molecule has 1 unspecified atom stereocenters. The van der Waals surface area contributed by atoms with Gasteiger partial charge in [-0.15, -0.1) is 6.58 Å². The summed E-state index contributed by atoms with van der Waals surface area (Å²) in [5.74, 6) is 0.454. The SMILES string of the molecule is C=CCCCNCCCC(C)CO. The van der Waals surface area contributed by atoms with Crippen molar-refractivity contribution >= 4 is 0 Å². The van der Waals surface area contributed by atoms with Crippen molar-refractivity contribution in [2.75, 3.05) is 19.7 Å². The standard InChI is InChI=1S/C11H23NO/c1-3-4-5-8-12-9-6-7-11(2)10-13/h3,11-13H,1,4-10H2,2H3. The van der Waals surface area contributed by atoms with Crippen LogP contribution in [0.25, 0.3) is 0 Å². The first-order valence-electron chi connectivity index (χ1n) is 5.23. The van der Waals surface area contributed by atoms with Gasteiger partial charge in [0.2, 0.25) is 0 Å². The second-order valence-electron chi connectivity index (χ2n) is 3.61. The van der Waals surface area contributed by atoms with Crippen LogP contribution in [0.1, 0.15) is 32.6 Å². The molecule has 0 aliphatic carbocycles. The Kier molecular flexibility index (Phi) is 9.49. The molecule has 0 saturated carbocycles. The molecule has 78 valence electrons. The van der Waals surface area contributed by atoms with E-state index in [1.807, 2.05) is 6.08 Å². The molecule has 0 saturated heterocycles. The molecule has 0 heterocycles. The fourth-order valence-electron chi connectivity index (χ4n) is 1.16. The van der Waals surface area contributed by atoms with Crippen molar-refractivity contribution in [2.45, 2.75) is 32.6 Å². The van der Waals surface area contributed by atoms with E-state index in [0.29, 0.717) is 12.5 Å². The molecule has 0 rings (SSSR count). The Labute approximate surface area is 82.0 Å². The summed E-state index contributed by atoms with van der Waals surface area (Å²) in [7, 11) is 0. The van der Waals surface area contributed by atoms with E-state index in [9.17, 15) is 0 Å². The molecular weight excluding hydrogens is 162 g/mol. The Balaban J connectivity index is 2.95. The van der Waals surface area contributed by atoms with Gasteiger partial charge in [-0.1, -0.05) is 13.0 Å². The van der Waals surface area contributed by atoms with Crippen molar-refractivity contribution in [2.24, 2.45) is 5.92 Å². The van der Waals surface area contributed by atoms with Gasteiger partial charge in [0, 0.05) is 6.61 Å². The molecule has 2 nitrogen and oxygen atoms in total. The first-order chi connectivity index (χ1) is 6.31. The van der Waals surface area contributed by atoms with Gasteiger partial charge >= 0.3 is 0 Å². The predicted octanol–water partition coefficient (Wildman–Crippen LogP) is 1.95. The van der Waals surface area contributed by atoms with E-state index in [1.54, 1.807) is 0 Å². The molecule has 1 atom stereocenters. The van der Waals surface area contributed by atoms with Crippen molar-refractivity contribution in [3.8, 4) is 0 Å². The molecule has 2 N–H and O–H groups in total. The average molecular weight is 185 g/mol. The van der Waals surface area contributed by atoms with Crippen LogP contribution >= 0.6 is 0 Å². The number of hydrogen-bond acceptors (Lipinski definition) is 2. The topological polar surface area (TPSA) is 32.3 Å². The minimum atomic E-state index is 0.316. The highest BCUT2D eigenvalue weighted by Gasteiger charge is 1.97. The molecule has 0 aliphatic heterocycles. The minimum Gasteiger partial charge on any atom is -0.396 e. The zero-order chi connectivity index (χ0) is 9.94. The number of nitrogens with one attached hydrogen (secondary N) is 1. The number of allylic oxidation sites excluding steroid dienone is 1. The number of rotatable bonds is 9. The highest BCUT2D eigenvalue weighted by Crippen LogP contribution is 2.02. The molecule has 2 heteroatoms. The van der Waals surface area contributed by atoms with Crippen molar-refractivity contribution < 1.29 is 5.11 Å². The number of aliphatic hydroxyl groups excluding tert-OH is 1. The zero-order valence-electron chi connectivity index (χ0n) is 8.76. The third-order valence-electron chi connectivity index (χ3n) is 2.12. The third kappa shape index (κ3) is 9.57. The molecule has 0 aromatic rings. The second kappa shape index (κ2) is 9.75. The molecule has 0 aromatic heterocycles. The Morgan fingerprint density at radius 2 is 2.08 bits per heavy atom. The van der Waals surface area contributed by atoms with Gasteiger partial charge in [0.15, 0.2) is 0 Å². The Morgan fingerprint density at radius 3 is 2.69 bits per heavy atom. The summed E-state index contributed by atoms with van der Waals surface area (Å²) in [6.45, 7) is 8.22. The van der Waals surface area contributed by atoms with E-state index in [4.69, 9.17) is 5.11 Å². The summed E-state index contributed by atoms with van der Waals surface area (Å²) >= 11 is 0. The van der Waals surface area contributed by atoms with Gasteiger partial charge in [-0.05, 0) is 44.7 Å². The van der Waals surface area contributed by atoms with Gasteiger partial charge in [-0.3, -0.25) is 0 Å². The zero-order valence-corrected chi connectivity index (χ0v) is 8.76. The lowest BCUT2D eigenvalue weighted by molar-refractivity contribution is 0.228. The molecule has 0 radical (unpaired) electrons. The lowest BCUT2D eigenvalue weighted by atomic mass is 10.1. The Hall–Kier alpha value is -0.340. The molecule has 0 spiro atoms. The van der Waals surface area contributed by atoms with Crippen molar-refractivity contribution in [1.82, 2.24) is 5.32 Å². The summed E-state index contributed by atoms with van der Waals surface area (Å²) in [4.78, 5) is 0. The summed E-state index contributed by atoms with van der Waals surface area (Å²) in [5, 5.41) is 12.1. The maximum Gasteiger partial charge on any atom is 0.0456 e. The summed E-state index contributed by atoms with van der Waals surface area (Å²) in [6, 6.07) is 0. The van der Waals surface area contributed by atoms with Gasteiger partial charge < -0.3 is 10.4 Å². The van der Waals surface area contributed by atoms with E-state index in [2.05, 4.69) is 18.8 Å². The summed E-state index contributed by atoms with van der Waals surface area (Å²) < 4.78 is 0. The minimum absolute atomic E-state index is 0.316. The molecule has 0 aliphatic rings. The van der Waals surface area contributed by atoms with Gasteiger partial charge in [0.1, 0.15) is 0 Å². The van der Waals surface area contributed by atoms with Gasteiger partial charge in [-0.25, -0.2) is 0 Å². The normalized spacial score (nSPS) is 12.8. The molecule has 0 fully saturated rings. The largest absolute Gasteiger partial charge is 0.396 e. The van der Waals surface area contributed by atoms with Gasteiger partial charge in [0.05, 0.1) is 0 Å². The van der Waals surface area contributed by atoms with E-state index in [0.717, 1.165) is 32.4 Å². The summed E-state index contributed by atoms with van der Waals surface area (Å²) in [6.07, 6.45) is 6.51. The van der Waals surface area contributed by atoms with Crippen LogP contribution in [-0.2, 0) is 0 Å². The van der Waals surface area contributed by atoms with E-state index >= 15 is 0 Å². The van der Waals surface area contributed by atoms with Crippen LogP contribution in [0.4, 0.5) is 0 Å². The number of unbranched alkanes of at least 4 members (excludes halogenated alkanes) is 1. The van der Waals surface area contributed by atoms with Gasteiger partial charge in [-0.2, -0.15) is 0 Å². The lowest BCUT2D eigenvalue weighted by Gasteiger charge is -2.07. The molecule has 13 heavy (non-hydrogen) atoms. The maximum atomic E-state index is 8.78. The fraction of sp³-hybridized carbons (Fsp3) is 0.818. The maximum absolute atomic E-state index is 8.78. The quantitative estimate of drug-likeness (QED) is 0.425. The highest BCUT2D eigenvalue weighted by molar-refractivity contribution is 4.66. The first kappa shape index (κ1) is 12.7. The first-order valence-corrected chi connectivity index (χ1v) is 5.23. The Morgan fingerprint density at radius 1 is 1.38 bits per heavy atom. The summed E-state index contributed by atoms with van der Waals surface area (Å²) in [5.41, 5.74) is 0. The predicted molar refractivity (Wildman–Crippen MR) is 57.8 cm³/mol. The van der Waals surface area contributed by atoms with Crippen molar-refractivity contribution in [3.63, 3.8) is 0 Å². The lowest BCUT2D eigenvalue weighted by Crippen LogP contribution is -2.17. The second-order valence-corrected chi connectivity index (χ2v) is 3.61. The van der Waals surface area contributed by atoms with Crippen LogP contribution in [0.15, 0.2) is 12.7 Å². The van der Waals surface area contributed by atoms with Crippen molar-refractivity contribution in [1.29, 1.82) is 0 Å². The van der Waals surface area contributed by atoms with Gasteiger partial charge in [0.25, 0.3) is 0 Å². The van der Waals surface area contributed by atoms with Crippen LogP contribution < -0.4 is 5.32 Å². The van der Waals surface area contributed by atoms with E-state index in [1.165, 1.54) is 6.42 Å². The van der Waals surface area contributed by atoms with Crippen LogP contribution in [0.5, 0.6) is 0 Å². The van der Waals surface area contributed by atoms with Crippen LogP contribution in [0.3, 0.4) is 0 Å². The Bertz CT molecular complexity index is 115. The third-order valence-corrected chi connectivity index (χ3v) is 2.12. The van der Waals surface area contributed by atoms with Crippen LogP contribution in [-0.4, -0.2) is 24.8 Å². The average Bonchev–Trinajstić information content (AvgIpc) is 2.16. The molecular formula is C11H23NO. The molecule has 0 aromatic carbocycles. The van der Waals surface area contributed by atoms with Crippen LogP contribution in [0, 0.1) is 5.92 Å². The number of aliphatic hydroxyl groups is 1. The smallest absolute Gasteiger partial charge is 0.0456 e. The highest BCUT2D eigenvalue weighted by atomic mass is 16.3. The van der Waals surface area contributed by atoms with E-state index in [-0.39, 0.29) is 0 Å². The molecule has 0 amide bonds. The van der Waals surface area contributed by atoms with Crippen LogP contribution in [0.2, 0.25) is 0 Å². The van der Waals surface area contributed by atoms with E-state index < -0.39 is 0 Å². The number of hydrogen-bond donors (Lipinski definition) is 2. The fourth-order valence-corrected chi connectivity index (χ4v) is 1.16. The van der Waals surface area contributed by atoms with Crippen molar-refractivity contribution in [3.05, 3.63) is 12.7 Å².